The number of hydrogen-bond donors (Lipinski definition) is 0. The number of ether oxygens (including phenoxy) is 1. The van der Waals surface area contributed by atoms with Gasteiger partial charge in [-0.2, -0.15) is 0 Å². The van der Waals surface area contributed by atoms with Crippen LogP contribution in [0, 0.1) is 0 Å². The zero-order valence-electron chi connectivity index (χ0n) is 19.0. The Morgan fingerprint density at radius 2 is 1.77 bits per heavy atom. The standard InChI is InChI=1S/C25H33N3O3.H2/c1-5-6-17-31-24-13-7-20(8-14-24)25(30)27(4)21-9-11-22(12-10-21)28-16-15-23(18-28)26(3)19(2)29;/h7-14,23H,5-6,15-18H2,1-4H3;1H. The molecule has 2 amide bonds. The van der Waals surface area contributed by atoms with Gasteiger partial charge < -0.3 is 19.4 Å². The number of rotatable bonds is 8. The Morgan fingerprint density at radius 3 is 2.39 bits per heavy atom. The van der Waals surface area contributed by atoms with E-state index in [9.17, 15) is 9.59 Å². The highest BCUT2D eigenvalue weighted by Gasteiger charge is 2.27. The summed E-state index contributed by atoms with van der Waals surface area (Å²) < 4.78 is 5.67. The van der Waals surface area contributed by atoms with E-state index in [0.717, 1.165) is 49.5 Å². The average molecular weight is 426 g/mol. The maximum absolute atomic E-state index is 12.9. The summed E-state index contributed by atoms with van der Waals surface area (Å²) in [5.74, 6) is 0.830. The van der Waals surface area contributed by atoms with Crippen LogP contribution in [0.5, 0.6) is 5.75 Å². The molecule has 1 unspecified atom stereocenters. The molecule has 1 aliphatic rings. The predicted molar refractivity (Wildman–Crippen MR) is 127 cm³/mol. The normalized spacial score (nSPS) is 15.6. The molecule has 1 saturated heterocycles. The molecule has 0 bridgehead atoms. The number of carbonyl (C=O) groups excluding carboxylic acids is 2. The van der Waals surface area contributed by atoms with Crippen LogP contribution in [0.1, 0.15) is 44.9 Å². The molecule has 0 spiro atoms. The molecule has 0 aliphatic carbocycles. The van der Waals surface area contributed by atoms with E-state index in [1.165, 1.54) is 0 Å². The van der Waals surface area contributed by atoms with Crippen molar-refractivity contribution in [2.24, 2.45) is 0 Å². The van der Waals surface area contributed by atoms with E-state index >= 15 is 0 Å². The number of carbonyl (C=O) groups is 2. The maximum Gasteiger partial charge on any atom is 0.258 e. The SMILES string of the molecule is CCCCOc1ccc(C(=O)N(C)c2ccc(N3CCC(N(C)C(C)=O)C3)cc2)cc1.[HH]. The molecule has 2 aromatic carbocycles. The summed E-state index contributed by atoms with van der Waals surface area (Å²) in [6.45, 7) is 6.18. The van der Waals surface area contributed by atoms with Crippen molar-refractivity contribution in [3.63, 3.8) is 0 Å². The summed E-state index contributed by atoms with van der Waals surface area (Å²) in [6.07, 6.45) is 3.08. The third-order valence-corrected chi connectivity index (χ3v) is 5.98. The molecule has 168 valence electrons. The first-order valence-electron chi connectivity index (χ1n) is 11.0. The molecule has 1 heterocycles. The van der Waals surface area contributed by atoms with E-state index in [0.29, 0.717) is 12.2 Å². The van der Waals surface area contributed by atoms with Crippen LogP contribution < -0.4 is 14.5 Å². The van der Waals surface area contributed by atoms with Gasteiger partial charge in [-0.15, -0.1) is 0 Å². The average Bonchev–Trinajstić information content (AvgIpc) is 3.28. The molecule has 1 fully saturated rings. The van der Waals surface area contributed by atoms with E-state index in [1.807, 2.05) is 60.5 Å². The van der Waals surface area contributed by atoms with E-state index in [-0.39, 0.29) is 19.3 Å². The fourth-order valence-corrected chi connectivity index (χ4v) is 3.78. The van der Waals surface area contributed by atoms with Gasteiger partial charge in [-0.1, -0.05) is 13.3 Å². The van der Waals surface area contributed by atoms with Gasteiger partial charge in [0.05, 0.1) is 12.6 Å². The van der Waals surface area contributed by atoms with Crippen molar-refractivity contribution in [3.05, 3.63) is 54.1 Å². The highest BCUT2D eigenvalue weighted by Crippen LogP contribution is 2.26. The van der Waals surface area contributed by atoms with Crippen molar-refractivity contribution in [1.82, 2.24) is 4.90 Å². The molecule has 1 atom stereocenters. The molecule has 0 saturated carbocycles. The van der Waals surface area contributed by atoms with Crippen LogP contribution in [0.4, 0.5) is 11.4 Å². The van der Waals surface area contributed by atoms with E-state index in [1.54, 1.807) is 18.9 Å². The Bertz CT molecular complexity index is 886. The Hall–Kier alpha value is -3.02. The summed E-state index contributed by atoms with van der Waals surface area (Å²) in [5.41, 5.74) is 2.58. The Kier molecular flexibility index (Phi) is 7.55. The number of benzene rings is 2. The number of nitrogens with zero attached hydrogens (tertiary/aromatic N) is 3. The van der Waals surface area contributed by atoms with Crippen molar-refractivity contribution >= 4 is 23.2 Å². The highest BCUT2D eigenvalue weighted by atomic mass is 16.5. The third-order valence-electron chi connectivity index (χ3n) is 5.98. The lowest BCUT2D eigenvalue weighted by Crippen LogP contribution is -2.37. The molecular weight excluding hydrogens is 390 g/mol. The Morgan fingerprint density at radius 1 is 1.10 bits per heavy atom. The monoisotopic (exact) mass is 425 g/mol. The minimum atomic E-state index is -0.0582. The molecule has 0 radical (unpaired) electrons. The fraction of sp³-hybridized carbons (Fsp3) is 0.440. The van der Waals surface area contributed by atoms with Crippen LogP contribution in [0.25, 0.3) is 0 Å². The van der Waals surface area contributed by atoms with Crippen molar-refractivity contribution < 1.29 is 15.8 Å². The van der Waals surface area contributed by atoms with Crippen molar-refractivity contribution in [2.45, 2.75) is 39.2 Å². The maximum atomic E-state index is 12.9. The van der Waals surface area contributed by atoms with Gasteiger partial charge in [-0.25, -0.2) is 0 Å². The van der Waals surface area contributed by atoms with Gasteiger partial charge in [0.2, 0.25) is 5.91 Å². The molecule has 6 nitrogen and oxygen atoms in total. The Labute approximate surface area is 186 Å². The predicted octanol–water partition coefficient (Wildman–Crippen LogP) is 4.45. The first kappa shape index (κ1) is 22.7. The smallest absolute Gasteiger partial charge is 0.258 e. The van der Waals surface area contributed by atoms with Crippen molar-refractivity contribution in [1.29, 1.82) is 0 Å². The first-order chi connectivity index (χ1) is 14.9. The number of likely N-dealkylation sites (N-methyl/N-ethyl adjacent to an activating group) is 1. The molecule has 3 rings (SSSR count). The molecule has 2 aromatic rings. The molecule has 0 N–H and O–H groups in total. The molecule has 0 aromatic heterocycles. The first-order valence-corrected chi connectivity index (χ1v) is 11.0. The van der Waals surface area contributed by atoms with Crippen molar-refractivity contribution in [3.8, 4) is 5.75 Å². The number of unbranched alkanes of at least 4 members (excludes halogenated alkanes) is 1. The zero-order chi connectivity index (χ0) is 22.4. The van der Waals surface area contributed by atoms with Gasteiger partial charge in [-0.05, 0) is 61.4 Å². The quantitative estimate of drug-likeness (QED) is 0.587. The van der Waals surface area contributed by atoms with Crippen LogP contribution in [0.2, 0.25) is 0 Å². The van der Waals surface area contributed by atoms with Crippen LogP contribution in [0.15, 0.2) is 48.5 Å². The number of hydrogen-bond acceptors (Lipinski definition) is 4. The van der Waals surface area contributed by atoms with Crippen molar-refractivity contribution in [2.75, 3.05) is 43.6 Å². The lowest BCUT2D eigenvalue weighted by Gasteiger charge is -2.25. The minimum absolute atomic E-state index is 0. The van der Waals surface area contributed by atoms with Gasteiger partial charge in [0.1, 0.15) is 5.75 Å². The largest absolute Gasteiger partial charge is 0.494 e. The molecule has 31 heavy (non-hydrogen) atoms. The lowest BCUT2D eigenvalue weighted by atomic mass is 10.1. The van der Waals surface area contributed by atoms with Gasteiger partial charge >= 0.3 is 0 Å². The lowest BCUT2D eigenvalue weighted by molar-refractivity contribution is -0.129. The van der Waals surface area contributed by atoms with Gasteiger partial charge in [-0.3, -0.25) is 9.59 Å². The van der Waals surface area contributed by atoms with E-state index in [2.05, 4.69) is 11.8 Å². The van der Waals surface area contributed by atoms with Crippen LogP contribution >= 0.6 is 0 Å². The summed E-state index contributed by atoms with van der Waals surface area (Å²) in [7, 11) is 3.65. The fourth-order valence-electron chi connectivity index (χ4n) is 3.78. The van der Waals surface area contributed by atoms with Gasteiger partial charge in [0, 0.05) is 52.5 Å². The summed E-state index contributed by atoms with van der Waals surface area (Å²) in [4.78, 5) is 30.3. The second-order valence-electron chi connectivity index (χ2n) is 8.13. The molecule has 1 aliphatic heterocycles. The number of amides is 2. The summed E-state index contributed by atoms with van der Waals surface area (Å²) in [5, 5.41) is 0. The summed E-state index contributed by atoms with van der Waals surface area (Å²) in [6, 6.07) is 15.6. The van der Waals surface area contributed by atoms with Crippen LogP contribution in [0.3, 0.4) is 0 Å². The van der Waals surface area contributed by atoms with Crippen LogP contribution in [-0.2, 0) is 4.79 Å². The van der Waals surface area contributed by atoms with E-state index in [4.69, 9.17) is 4.74 Å². The topological polar surface area (TPSA) is 53.1 Å². The third kappa shape index (κ3) is 5.57. The zero-order valence-corrected chi connectivity index (χ0v) is 19.0. The van der Waals surface area contributed by atoms with E-state index < -0.39 is 0 Å². The number of anilines is 2. The summed E-state index contributed by atoms with van der Waals surface area (Å²) >= 11 is 0. The van der Waals surface area contributed by atoms with Gasteiger partial charge in [0.25, 0.3) is 5.91 Å². The second kappa shape index (κ2) is 10.3. The molecular formula is C25H35N3O3. The van der Waals surface area contributed by atoms with Crippen LogP contribution in [-0.4, -0.2) is 56.5 Å². The Balaban J connectivity index is 0.00000363. The van der Waals surface area contributed by atoms with Gasteiger partial charge in [0.15, 0.2) is 0 Å². The minimum Gasteiger partial charge on any atom is -0.494 e. The highest BCUT2D eigenvalue weighted by molar-refractivity contribution is 6.05. The second-order valence-corrected chi connectivity index (χ2v) is 8.13. The molecule has 6 heteroatoms.